The van der Waals surface area contributed by atoms with Crippen LogP contribution >= 0.6 is 0 Å². The molecule has 0 unspecified atom stereocenters. The van der Waals surface area contributed by atoms with Gasteiger partial charge in [0.15, 0.2) is 5.82 Å². The first-order valence-electron chi connectivity index (χ1n) is 7.72. The van der Waals surface area contributed by atoms with Gasteiger partial charge in [0.25, 0.3) is 0 Å². The number of H-pyrrole nitrogens is 1. The number of urea groups is 1. The average Bonchev–Trinajstić information content (AvgIpc) is 3.13. The van der Waals surface area contributed by atoms with Crippen molar-refractivity contribution < 1.29 is 4.79 Å². The number of carbonyl (C=O) groups excluding carboxylic acids is 1. The van der Waals surface area contributed by atoms with Crippen LogP contribution in [0.5, 0.6) is 0 Å². The number of aryl methyl sites for hydroxylation is 2. The summed E-state index contributed by atoms with van der Waals surface area (Å²) in [6.07, 6.45) is 4.41. The average molecular weight is 303 g/mol. The number of aromatic nitrogens is 5. The lowest BCUT2D eigenvalue weighted by Crippen LogP contribution is -2.39. The van der Waals surface area contributed by atoms with Crippen molar-refractivity contribution in [3.8, 4) is 0 Å². The molecule has 0 bridgehead atoms. The normalized spacial score (nSPS) is 14.0. The summed E-state index contributed by atoms with van der Waals surface area (Å²) in [5, 5.41) is 18.1. The van der Waals surface area contributed by atoms with Crippen LogP contribution in [0.25, 0.3) is 0 Å². The molecule has 0 saturated heterocycles. The molecule has 0 saturated carbocycles. The molecule has 8 heteroatoms. The number of amides is 2. The predicted octanol–water partition coefficient (Wildman–Crippen LogP) is 1.56. The zero-order valence-corrected chi connectivity index (χ0v) is 13.0. The fourth-order valence-corrected chi connectivity index (χ4v) is 2.70. The number of aromatic amines is 1. The van der Waals surface area contributed by atoms with Crippen molar-refractivity contribution in [1.82, 2.24) is 30.1 Å². The highest BCUT2D eigenvalue weighted by Gasteiger charge is 2.25. The molecule has 2 N–H and O–H groups in total. The predicted molar refractivity (Wildman–Crippen MR) is 81.4 cm³/mol. The quantitative estimate of drug-likeness (QED) is 0.896. The molecule has 3 heterocycles. The zero-order valence-electron chi connectivity index (χ0n) is 13.0. The highest BCUT2D eigenvalue weighted by atomic mass is 16.2. The maximum absolute atomic E-state index is 12.4. The summed E-state index contributed by atoms with van der Waals surface area (Å²) in [5.41, 5.74) is 3.34. The third kappa shape index (κ3) is 2.81. The molecule has 1 aliphatic heterocycles. The second-order valence-corrected chi connectivity index (χ2v) is 5.45. The van der Waals surface area contributed by atoms with Crippen molar-refractivity contribution in [3.05, 3.63) is 23.1 Å². The molecule has 0 aromatic carbocycles. The van der Waals surface area contributed by atoms with Gasteiger partial charge in [-0.2, -0.15) is 5.10 Å². The van der Waals surface area contributed by atoms with Crippen molar-refractivity contribution in [1.29, 1.82) is 0 Å². The molecular formula is C14H21N7O. The Kier molecular flexibility index (Phi) is 4.08. The van der Waals surface area contributed by atoms with Gasteiger partial charge in [0.2, 0.25) is 0 Å². The van der Waals surface area contributed by atoms with E-state index in [4.69, 9.17) is 0 Å². The number of hydrogen-bond acceptors (Lipinski definition) is 4. The van der Waals surface area contributed by atoms with Crippen LogP contribution < -0.4 is 5.32 Å². The minimum atomic E-state index is -0.141. The van der Waals surface area contributed by atoms with Gasteiger partial charge in [0, 0.05) is 30.8 Å². The lowest BCUT2D eigenvalue weighted by Gasteiger charge is -2.26. The van der Waals surface area contributed by atoms with Crippen LogP contribution in [-0.4, -0.2) is 42.7 Å². The van der Waals surface area contributed by atoms with Gasteiger partial charge in [-0.1, -0.05) is 19.1 Å². The molecule has 0 spiro atoms. The maximum Gasteiger partial charge on any atom is 0.323 e. The molecule has 0 atom stereocenters. The molecule has 2 aromatic heterocycles. The molecule has 1 aliphatic rings. The minimum Gasteiger partial charge on any atom is -0.320 e. The monoisotopic (exact) mass is 303 g/mol. The lowest BCUT2D eigenvalue weighted by atomic mass is 10.0. The summed E-state index contributed by atoms with van der Waals surface area (Å²) in [6, 6.07) is -0.141. The van der Waals surface area contributed by atoms with E-state index in [0.29, 0.717) is 18.9 Å². The molecule has 118 valence electrons. The van der Waals surface area contributed by atoms with Crippen LogP contribution in [0.15, 0.2) is 6.20 Å². The van der Waals surface area contributed by atoms with Gasteiger partial charge in [0.05, 0.1) is 18.4 Å². The van der Waals surface area contributed by atoms with E-state index in [-0.39, 0.29) is 6.03 Å². The second kappa shape index (κ2) is 6.17. The number of rotatable bonds is 4. The Balaban J connectivity index is 1.65. The van der Waals surface area contributed by atoms with E-state index in [1.54, 1.807) is 15.8 Å². The summed E-state index contributed by atoms with van der Waals surface area (Å²) < 4.78 is 1.73. The van der Waals surface area contributed by atoms with Crippen LogP contribution in [0.1, 0.15) is 37.2 Å². The van der Waals surface area contributed by atoms with Crippen molar-refractivity contribution >= 4 is 11.8 Å². The van der Waals surface area contributed by atoms with Gasteiger partial charge in [-0.25, -0.2) is 4.79 Å². The van der Waals surface area contributed by atoms with Crippen LogP contribution in [-0.2, 0) is 25.9 Å². The second-order valence-electron chi connectivity index (χ2n) is 5.45. The Morgan fingerprint density at radius 1 is 1.45 bits per heavy atom. The van der Waals surface area contributed by atoms with Gasteiger partial charge < -0.3 is 4.90 Å². The smallest absolute Gasteiger partial charge is 0.320 e. The molecule has 0 radical (unpaired) electrons. The SMILES string of the molecule is CCCn1cc(NC(=O)N2CCc3[nH]nc(CC)c3C2)nn1. The molecule has 2 amide bonds. The van der Waals surface area contributed by atoms with E-state index < -0.39 is 0 Å². The minimum absolute atomic E-state index is 0.141. The topological polar surface area (TPSA) is 91.7 Å². The summed E-state index contributed by atoms with van der Waals surface area (Å²) >= 11 is 0. The highest BCUT2D eigenvalue weighted by molar-refractivity contribution is 5.88. The van der Waals surface area contributed by atoms with Gasteiger partial charge >= 0.3 is 6.03 Å². The molecule has 0 aliphatic carbocycles. The van der Waals surface area contributed by atoms with Gasteiger partial charge in [-0.3, -0.25) is 15.1 Å². The van der Waals surface area contributed by atoms with E-state index in [1.807, 2.05) is 0 Å². The summed E-state index contributed by atoms with van der Waals surface area (Å²) in [5.74, 6) is 0.493. The van der Waals surface area contributed by atoms with E-state index in [0.717, 1.165) is 42.8 Å². The van der Waals surface area contributed by atoms with Gasteiger partial charge in [0.1, 0.15) is 0 Å². The molecule has 8 nitrogen and oxygen atoms in total. The lowest BCUT2D eigenvalue weighted by molar-refractivity contribution is 0.206. The number of anilines is 1. The number of nitrogens with zero attached hydrogens (tertiary/aromatic N) is 5. The maximum atomic E-state index is 12.4. The van der Waals surface area contributed by atoms with E-state index >= 15 is 0 Å². The summed E-state index contributed by atoms with van der Waals surface area (Å²) in [6.45, 7) is 6.20. The van der Waals surface area contributed by atoms with Crippen molar-refractivity contribution in [2.75, 3.05) is 11.9 Å². The first kappa shape index (κ1) is 14.6. The van der Waals surface area contributed by atoms with E-state index in [2.05, 4.69) is 39.7 Å². The molecule has 3 rings (SSSR count). The number of carbonyl (C=O) groups is 1. The molecule has 0 fully saturated rings. The zero-order chi connectivity index (χ0) is 15.5. The van der Waals surface area contributed by atoms with Crippen LogP contribution in [0.2, 0.25) is 0 Å². The summed E-state index contributed by atoms with van der Waals surface area (Å²) in [7, 11) is 0. The van der Waals surface area contributed by atoms with Crippen LogP contribution in [0.3, 0.4) is 0 Å². The van der Waals surface area contributed by atoms with Crippen molar-refractivity contribution in [2.45, 2.75) is 46.2 Å². The van der Waals surface area contributed by atoms with Crippen LogP contribution in [0.4, 0.5) is 10.6 Å². The standard InChI is InChI=1S/C14H21N7O/c1-3-6-21-9-13(18-19-21)15-14(22)20-7-5-12-10(8-20)11(4-2)16-17-12/h9H,3-8H2,1-2H3,(H,15,22)(H,16,17). The third-order valence-corrected chi connectivity index (χ3v) is 3.87. The number of hydrogen-bond donors (Lipinski definition) is 2. The third-order valence-electron chi connectivity index (χ3n) is 3.87. The Hall–Kier alpha value is -2.38. The van der Waals surface area contributed by atoms with Gasteiger partial charge in [-0.05, 0) is 12.8 Å². The Bertz CT molecular complexity index is 646. The van der Waals surface area contributed by atoms with E-state index in [9.17, 15) is 4.79 Å². The first-order valence-corrected chi connectivity index (χ1v) is 7.72. The van der Waals surface area contributed by atoms with Crippen molar-refractivity contribution in [3.63, 3.8) is 0 Å². The summed E-state index contributed by atoms with van der Waals surface area (Å²) in [4.78, 5) is 14.2. The fraction of sp³-hybridized carbons (Fsp3) is 0.571. The molecular weight excluding hydrogens is 282 g/mol. The Labute approximate surface area is 128 Å². The van der Waals surface area contributed by atoms with Gasteiger partial charge in [-0.15, -0.1) is 5.10 Å². The molecule has 22 heavy (non-hydrogen) atoms. The van der Waals surface area contributed by atoms with E-state index in [1.165, 1.54) is 0 Å². The van der Waals surface area contributed by atoms with Crippen LogP contribution in [0, 0.1) is 0 Å². The Morgan fingerprint density at radius 3 is 3.09 bits per heavy atom. The molecule has 2 aromatic rings. The fourth-order valence-electron chi connectivity index (χ4n) is 2.70. The largest absolute Gasteiger partial charge is 0.323 e. The Morgan fingerprint density at radius 2 is 2.32 bits per heavy atom. The number of nitrogens with one attached hydrogen (secondary N) is 2. The number of fused-ring (bicyclic) bond motifs is 1. The highest BCUT2D eigenvalue weighted by Crippen LogP contribution is 2.21. The van der Waals surface area contributed by atoms with Crippen molar-refractivity contribution in [2.24, 2.45) is 0 Å². The first-order chi connectivity index (χ1) is 10.7.